The van der Waals surface area contributed by atoms with Gasteiger partial charge in [0.15, 0.2) is 5.82 Å². The van der Waals surface area contributed by atoms with Gasteiger partial charge in [-0.05, 0) is 50.6 Å². The van der Waals surface area contributed by atoms with Crippen LogP contribution in [-0.4, -0.2) is 19.7 Å². The Morgan fingerprint density at radius 3 is 2.73 bits per heavy atom. The van der Waals surface area contributed by atoms with Gasteiger partial charge in [-0.15, -0.1) is 0 Å². The summed E-state index contributed by atoms with van der Waals surface area (Å²) in [6.07, 6.45) is 1.85. The Hall–Kier alpha value is -3.59. The minimum atomic E-state index is 0.484. The molecule has 0 aliphatic rings. The molecule has 0 radical (unpaired) electrons. The zero-order chi connectivity index (χ0) is 18.3. The standard InChI is InChI=1S/C20H17N5O/c1-12-8-15(14(3)25(12)19-9-13(2)26-24-19)10-16(11-21)20-22-17-6-4-5-7-18(17)23-20/h4-10H,1-3H3,(H,22,23)/b16-10-. The number of imidazole rings is 1. The number of hydrogen-bond donors (Lipinski definition) is 1. The van der Waals surface area contributed by atoms with E-state index in [1.165, 1.54) is 0 Å². The molecule has 6 heteroatoms. The van der Waals surface area contributed by atoms with Gasteiger partial charge in [-0.3, -0.25) is 4.57 Å². The molecule has 1 N–H and O–H groups in total. The number of aromatic amines is 1. The van der Waals surface area contributed by atoms with Crippen molar-refractivity contribution in [3.8, 4) is 11.9 Å². The summed E-state index contributed by atoms with van der Waals surface area (Å²) in [7, 11) is 0. The van der Waals surface area contributed by atoms with Crippen molar-refractivity contribution < 1.29 is 4.52 Å². The zero-order valence-corrected chi connectivity index (χ0v) is 14.7. The number of allylic oxidation sites excluding steroid dienone is 1. The second kappa shape index (κ2) is 6.05. The number of para-hydroxylation sites is 2. The van der Waals surface area contributed by atoms with Crippen molar-refractivity contribution in [2.75, 3.05) is 0 Å². The number of nitrogens with one attached hydrogen (secondary N) is 1. The molecule has 3 aromatic heterocycles. The van der Waals surface area contributed by atoms with Gasteiger partial charge in [0, 0.05) is 17.5 Å². The zero-order valence-electron chi connectivity index (χ0n) is 14.7. The summed E-state index contributed by atoms with van der Waals surface area (Å²) in [6, 6.07) is 13.9. The average molecular weight is 343 g/mol. The molecule has 4 rings (SSSR count). The van der Waals surface area contributed by atoms with Crippen LogP contribution < -0.4 is 0 Å². The molecule has 0 fully saturated rings. The van der Waals surface area contributed by atoms with Crippen molar-refractivity contribution in [1.82, 2.24) is 19.7 Å². The lowest BCUT2D eigenvalue weighted by atomic mass is 10.1. The fraction of sp³-hybridized carbons (Fsp3) is 0.150. The number of H-pyrrole nitrogens is 1. The lowest BCUT2D eigenvalue weighted by molar-refractivity contribution is 0.394. The normalized spacial score (nSPS) is 11.8. The third-order valence-corrected chi connectivity index (χ3v) is 4.38. The van der Waals surface area contributed by atoms with Crippen molar-refractivity contribution in [2.45, 2.75) is 20.8 Å². The van der Waals surface area contributed by atoms with E-state index in [4.69, 9.17) is 4.52 Å². The van der Waals surface area contributed by atoms with E-state index in [0.29, 0.717) is 11.4 Å². The Balaban J connectivity index is 1.80. The minimum absolute atomic E-state index is 0.484. The van der Waals surface area contributed by atoms with E-state index in [-0.39, 0.29) is 0 Å². The average Bonchev–Trinajstić information content (AvgIpc) is 3.30. The number of benzene rings is 1. The summed E-state index contributed by atoms with van der Waals surface area (Å²) in [5, 5.41) is 13.7. The van der Waals surface area contributed by atoms with Gasteiger partial charge in [0.2, 0.25) is 0 Å². The van der Waals surface area contributed by atoms with Crippen molar-refractivity contribution in [2.24, 2.45) is 0 Å². The number of rotatable bonds is 3. The smallest absolute Gasteiger partial charge is 0.180 e. The summed E-state index contributed by atoms with van der Waals surface area (Å²) < 4.78 is 7.20. The topological polar surface area (TPSA) is 83.4 Å². The van der Waals surface area contributed by atoms with Crippen LogP contribution in [0.3, 0.4) is 0 Å². The Morgan fingerprint density at radius 2 is 2.04 bits per heavy atom. The highest BCUT2D eigenvalue weighted by atomic mass is 16.5. The van der Waals surface area contributed by atoms with Crippen LogP contribution in [-0.2, 0) is 0 Å². The molecule has 3 heterocycles. The maximum Gasteiger partial charge on any atom is 0.180 e. The van der Waals surface area contributed by atoms with Crippen molar-refractivity contribution in [3.05, 3.63) is 64.9 Å². The fourth-order valence-corrected chi connectivity index (χ4v) is 3.13. The van der Waals surface area contributed by atoms with Crippen LogP contribution in [0.4, 0.5) is 0 Å². The lowest BCUT2D eigenvalue weighted by Crippen LogP contribution is -1.99. The summed E-state index contributed by atoms with van der Waals surface area (Å²) in [4.78, 5) is 7.73. The summed E-state index contributed by atoms with van der Waals surface area (Å²) in [5.74, 6) is 2.06. The van der Waals surface area contributed by atoms with Gasteiger partial charge in [0.25, 0.3) is 0 Å². The monoisotopic (exact) mass is 343 g/mol. The fourth-order valence-electron chi connectivity index (χ4n) is 3.13. The minimum Gasteiger partial charge on any atom is -0.360 e. The Morgan fingerprint density at radius 1 is 1.23 bits per heavy atom. The van der Waals surface area contributed by atoms with E-state index in [9.17, 15) is 5.26 Å². The van der Waals surface area contributed by atoms with Crippen LogP contribution in [0.15, 0.2) is 40.9 Å². The molecule has 0 atom stereocenters. The van der Waals surface area contributed by atoms with Crippen LogP contribution in [0.25, 0.3) is 28.5 Å². The molecule has 0 saturated carbocycles. The molecular weight excluding hydrogens is 326 g/mol. The highest BCUT2D eigenvalue weighted by Gasteiger charge is 2.14. The van der Waals surface area contributed by atoms with Crippen LogP contribution in [0.1, 0.15) is 28.5 Å². The first kappa shape index (κ1) is 15.9. The van der Waals surface area contributed by atoms with E-state index >= 15 is 0 Å². The molecule has 0 unspecified atom stereocenters. The summed E-state index contributed by atoms with van der Waals surface area (Å²) in [6.45, 7) is 5.86. The van der Waals surface area contributed by atoms with Gasteiger partial charge in [0.1, 0.15) is 17.7 Å². The maximum atomic E-state index is 9.64. The molecule has 26 heavy (non-hydrogen) atoms. The molecule has 0 saturated heterocycles. The number of hydrogen-bond acceptors (Lipinski definition) is 4. The molecule has 0 bridgehead atoms. The van der Waals surface area contributed by atoms with E-state index < -0.39 is 0 Å². The van der Waals surface area contributed by atoms with E-state index in [1.807, 2.05) is 67.8 Å². The van der Waals surface area contributed by atoms with Crippen LogP contribution >= 0.6 is 0 Å². The first-order chi connectivity index (χ1) is 12.6. The Bertz CT molecular complexity index is 1150. The van der Waals surface area contributed by atoms with Gasteiger partial charge in [0.05, 0.1) is 16.6 Å². The third kappa shape index (κ3) is 2.60. The predicted octanol–water partition coefficient (Wildman–Crippen LogP) is 4.33. The molecule has 0 spiro atoms. The van der Waals surface area contributed by atoms with Gasteiger partial charge in [-0.25, -0.2) is 4.98 Å². The first-order valence-corrected chi connectivity index (χ1v) is 8.26. The van der Waals surface area contributed by atoms with E-state index in [1.54, 1.807) is 0 Å². The summed E-state index contributed by atoms with van der Waals surface area (Å²) in [5.41, 5.74) is 5.18. The number of aryl methyl sites for hydroxylation is 2. The molecular formula is C20H17N5O. The number of aromatic nitrogens is 4. The Kier molecular flexibility index (Phi) is 3.70. The molecule has 4 aromatic rings. The second-order valence-corrected chi connectivity index (χ2v) is 6.23. The molecule has 1 aromatic carbocycles. The number of nitriles is 1. The van der Waals surface area contributed by atoms with Gasteiger partial charge in [-0.2, -0.15) is 5.26 Å². The molecule has 128 valence electrons. The van der Waals surface area contributed by atoms with Gasteiger partial charge >= 0.3 is 0 Å². The lowest BCUT2D eigenvalue weighted by Gasteiger charge is -2.04. The van der Waals surface area contributed by atoms with Crippen molar-refractivity contribution >= 4 is 22.7 Å². The van der Waals surface area contributed by atoms with E-state index in [2.05, 4.69) is 21.2 Å². The Labute approximate surface area is 150 Å². The second-order valence-electron chi connectivity index (χ2n) is 6.23. The highest BCUT2D eigenvalue weighted by Crippen LogP contribution is 2.25. The van der Waals surface area contributed by atoms with Gasteiger partial charge in [-0.1, -0.05) is 17.3 Å². The van der Waals surface area contributed by atoms with Crippen LogP contribution in [0, 0.1) is 32.1 Å². The molecule has 0 aliphatic carbocycles. The first-order valence-electron chi connectivity index (χ1n) is 8.26. The van der Waals surface area contributed by atoms with Crippen LogP contribution in [0.5, 0.6) is 0 Å². The van der Waals surface area contributed by atoms with Crippen molar-refractivity contribution in [3.63, 3.8) is 0 Å². The largest absolute Gasteiger partial charge is 0.360 e. The number of nitrogens with zero attached hydrogens (tertiary/aromatic N) is 4. The number of fused-ring (bicyclic) bond motifs is 1. The summed E-state index contributed by atoms with van der Waals surface area (Å²) >= 11 is 0. The van der Waals surface area contributed by atoms with Crippen molar-refractivity contribution in [1.29, 1.82) is 5.26 Å². The maximum absolute atomic E-state index is 9.64. The highest BCUT2D eigenvalue weighted by molar-refractivity contribution is 5.90. The molecule has 0 amide bonds. The predicted molar refractivity (Wildman–Crippen MR) is 99.6 cm³/mol. The molecule has 6 nitrogen and oxygen atoms in total. The third-order valence-electron chi connectivity index (χ3n) is 4.38. The van der Waals surface area contributed by atoms with Gasteiger partial charge < -0.3 is 9.51 Å². The SMILES string of the molecule is Cc1cc(-n2c(C)cc(/C=C(/C#N)c3nc4ccccc4[nH]3)c2C)no1. The van der Waals surface area contributed by atoms with E-state index in [0.717, 1.165) is 39.6 Å². The van der Waals surface area contributed by atoms with Crippen LogP contribution in [0.2, 0.25) is 0 Å². The quantitative estimate of drug-likeness (QED) is 0.561. The molecule has 0 aliphatic heterocycles.